The Hall–Kier alpha value is -0.390. The van der Waals surface area contributed by atoms with E-state index in [0.29, 0.717) is 13.0 Å². The standard InChI is InChI=1S/C14H23BrN2OS/c1-14(2,3)9-10(16)8-13(18)17-7-6-11-4-5-12(15)19-11/h4-5,10H,6-9,16H2,1-3H3,(H,17,18). The van der Waals surface area contributed by atoms with Crippen molar-refractivity contribution in [3.63, 3.8) is 0 Å². The summed E-state index contributed by atoms with van der Waals surface area (Å²) in [7, 11) is 0. The van der Waals surface area contributed by atoms with E-state index in [9.17, 15) is 4.79 Å². The smallest absolute Gasteiger partial charge is 0.221 e. The molecule has 1 heterocycles. The average Bonchev–Trinajstić information content (AvgIpc) is 2.60. The zero-order valence-electron chi connectivity index (χ0n) is 11.8. The number of halogens is 1. The summed E-state index contributed by atoms with van der Waals surface area (Å²) in [6, 6.07) is 4.05. The Morgan fingerprint density at radius 1 is 1.47 bits per heavy atom. The van der Waals surface area contributed by atoms with Gasteiger partial charge >= 0.3 is 0 Å². The maximum absolute atomic E-state index is 11.7. The number of nitrogens with one attached hydrogen (secondary N) is 1. The largest absolute Gasteiger partial charge is 0.356 e. The third kappa shape index (κ3) is 7.70. The first-order valence-electron chi connectivity index (χ1n) is 6.53. The fourth-order valence-corrected chi connectivity index (χ4v) is 3.46. The van der Waals surface area contributed by atoms with Crippen molar-refractivity contribution in [2.45, 2.75) is 46.1 Å². The molecule has 0 aromatic carbocycles. The second-order valence-electron chi connectivity index (χ2n) is 6.03. The highest BCUT2D eigenvalue weighted by Crippen LogP contribution is 2.22. The molecule has 3 N–H and O–H groups in total. The molecule has 0 spiro atoms. The highest BCUT2D eigenvalue weighted by atomic mass is 79.9. The van der Waals surface area contributed by atoms with Gasteiger partial charge < -0.3 is 11.1 Å². The molecule has 0 aliphatic rings. The molecule has 108 valence electrons. The van der Waals surface area contributed by atoms with Crippen LogP contribution in [0.2, 0.25) is 0 Å². The Balaban J connectivity index is 2.21. The van der Waals surface area contributed by atoms with Gasteiger partial charge in [0.15, 0.2) is 0 Å². The summed E-state index contributed by atoms with van der Waals surface area (Å²) in [5.41, 5.74) is 6.15. The van der Waals surface area contributed by atoms with Crippen molar-refractivity contribution in [3.8, 4) is 0 Å². The SMILES string of the molecule is CC(C)(C)CC(N)CC(=O)NCCc1ccc(Br)s1. The van der Waals surface area contributed by atoms with Crippen LogP contribution in [0, 0.1) is 5.41 Å². The second kappa shape index (κ2) is 7.41. The summed E-state index contributed by atoms with van der Waals surface area (Å²) in [4.78, 5) is 13.0. The minimum absolute atomic E-state index is 0.0485. The molecule has 1 atom stereocenters. The molecular weight excluding hydrogens is 324 g/mol. The Bertz CT molecular complexity index is 412. The van der Waals surface area contributed by atoms with E-state index >= 15 is 0 Å². The van der Waals surface area contributed by atoms with Gasteiger partial charge in [-0.1, -0.05) is 20.8 Å². The third-order valence-electron chi connectivity index (χ3n) is 2.64. The lowest BCUT2D eigenvalue weighted by molar-refractivity contribution is -0.121. The van der Waals surface area contributed by atoms with Crippen LogP contribution in [-0.4, -0.2) is 18.5 Å². The van der Waals surface area contributed by atoms with Crippen molar-refractivity contribution in [1.82, 2.24) is 5.32 Å². The summed E-state index contributed by atoms with van der Waals surface area (Å²) in [5, 5.41) is 2.93. The monoisotopic (exact) mass is 346 g/mol. The van der Waals surface area contributed by atoms with Crippen molar-refractivity contribution in [3.05, 3.63) is 20.8 Å². The number of hydrogen-bond donors (Lipinski definition) is 2. The summed E-state index contributed by atoms with van der Waals surface area (Å²) in [5.74, 6) is 0.0485. The molecule has 1 unspecified atom stereocenters. The zero-order chi connectivity index (χ0) is 14.5. The van der Waals surface area contributed by atoms with Crippen LogP contribution in [0.4, 0.5) is 0 Å². The van der Waals surface area contributed by atoms with Crippen LogP contribution in [0.25, 0.3) is 0 Å². The molecule has 0 bridgehead atoms. The number of carbonyl (C=O) groups excluding carboxylic acids is 1. The van der Waals surface area contributed by atoms with Crippen molar-refractivity contribution in [1.29, 1.82) is 0 Å². The molecule has 0 aliphatic carbocycles. The summed E-state index contributed by atoms with van der Waals surface area (Å²) in [6.45, 7) is 7.09. The van der Waals surface area contributed by atoms with Crippen molar-refractivity contribution >= 4 is 33.2 Å². The van der Waals surface area contributed by atoms with Crippen molar-refractivity contribution < 1.29 is 4.79 Å². The van der Waals surface area contributed by atoms with Gasteiger partial charge in [-0.15, -0.1) is 11.3 Å². The highest BCUT2D eigenvalue weighted by Gasteiger charge is 2.17. The predicted octanol–water partition coefficient (Wildman–Crippen LogP) is 3.32. The van der Waals surface area contributed by atoms with E-state index in [-0.39, 0.29) is 17.4 Å². The first-order valence-corrected chi connectivity index (χ1v) is 8.14. The topological polar surface area (TPSA) is 55.1 Å². The van der Waals surface area contributed by atoms with E-state index in [1.54, 1.807) is 11.3 Å². The molecular formula is C14H23BrN2OS. The Morgan fingerprint density at radius 2 is 2.16 bits per heavy atom. The van der Waals surface area contributed by atoms with Crippen LogP contribution in [0.1, 0.15) is 38.5 Å². The van der Waals surface area contributed by atoms with Crippen LogP contribution >= 0.6 is 27.3 Å². The zero-order valence-corrected chi connectivity index (χ0v) is 14.2. The van der Waals surface area contributed by atoms with Crippen LogP contribution < -0.4 is 11.1 Å². The Labute approximate surface area is 128 Å². The fraction of sp³-hybridized carbons (Fsp3) is 0.643. The second-order valence-corrected chi connectivity index (χ2v) is 8.58. The molecule has 1 aromatic heterocycles. The van der Waals surface area contributed by atoms with Crippen LogP contribution in [0.15, 0.2) is 15.9 Å². The highest BCUT2D eigenvalue weighted by molar-refractivity contribution is 9.11. The van der Waals surface area contributed by atoms with E-state index in [1.807, 2.05) is 6.07 Å². The number of rotatable bonds is 6. The van der Waals surface area contributed by atoms with Gasteiger partial charge in [-0.3, -0.25) is 4.79 Å². The lowest BCUT2D eigenvalue weighted by Crippen LogP contribution is -2.34. The molecule has 5 heteroatoms. The maximum atomic E-state index is 11.7. The van der Waals surface area contributed by atoms with Gasteiger partial charge in [0, 0.05) is 23.9 Å². The third-order valence-corrected chi connectivity index (χ3v) is 4.33. The summed E-state index contributed by atoms with van der Waals surface area (Å²) < 4.78 is 1.13. The van der Waals surface area contributed by atoms with E-state index in [0.717, 1.165) is 16.6 Å². The fourth-order valence-electron chi connectivity index (χ4n) is 1.98. The van der Waals surface area contributed by atoms with Crippen LogP contribution in [0.3, 0.4) is 0 Å². The molecule has 0 radical (unpaired) electrons. The van der Waals surface area contributed by atoms with E-state index < -0.39 is 0 Å². The number of amides is 1. The number of hydrogen-bond acceptors (Lipinski definition) is 3. The molecule has 0 fully saturated rings. The van der Waals surface area contributed by atoms with Gasteiger partial charge in [-0.2, -0.15) is 0 Å². The van der Waals surface area contributed by atoms with E-state index in [2.05, 4.69) is 48.1 Å². The normalized spacial score (nSPS) is 13.3. The minimum atomic E-state index is -0.0594. The van der Waals surface area contributed by atoms with E-state index in [1.165, 1.54) is 4.88 Å². The van der Waals surface area contributed by atoms with Crippen LogP contribution in [-0.2, 0) is 11.2 Å². The van der Waals surface area contributed by atoms with Crippen molar-refractivity contribution in [2.75, 3.05) is 6.54 Å². The predicted molar refractivity (Wildman–Crippen MR) is 85.4 cm³/mol. The maximum Gasteiger partial charge on any atom is 0.221 e. The Kier molecular flexibility index (Phi) is 6.50. The summed E-state index contributed by atoms with van der Waals surface area (Å²) >= 11 is 5.13. The van der Waals surface area contributed by atoms with Gasteiger partial charge in [-0.05, 0) is 46.3 Å². The van der Waals surface area contributed by atoms with Gasteiger partial charge in [0.25, 0.3) is 0 Å². The first-order chi connectivity index (χ1) is 8.76. The minimum Gasteiger partial charge on any atom is -0.356 e. The van der Waals surface area contributed by atoms with Gasteiger partial charge in [0.1, 0.15) is 0 Å². The lowest BCUT2D eigenvalue weighted by Gasteiger charge is -2.22. The number of thiophene rings is 1. The molecule has 0 saturated carbocycles. The average molecular weight is 347 g/mol. The quantitative estimate of drug-likeness (QED) is 0.829. The number of carbonyl (C=O) groups is 1. The molecule has 0 saturated heterocycles. The molecule has 1 rings (SSSR count). The summed E-state index contributed by atoms with van der Waals surface area (Å²) in [6.07, 6.45) is 2.14. The van der Waals surface area contributed by atoms with Crippen LogP contribution in [0.5, 0.6) is 0 Å². The molecule has 3 nitrogen and oxygen atoms in total. The molecule has 19 heavy (non-hydrogen) atoms. The van der Waals surface area contributed by atoms with E-state index in [4.69, 9.17) is 5.73 Å². The van der Waals surface area contributed by atoms with Gasteiger partial charge in [0.05, 0.1) is 3.79 Å². The Morgan fingerprint density at radius 3 is 2.68 bits per heavy atom. The molecule has 0 aliphatic heterocycles. The lowest BCUT2D eigenvalue weighted by atomic mass is 9.87. The number of nitrogens with two attached hydrogens (primary N) is 1. The molecule has 1 amide bonds. The first kappa shape index (κ1) is 16.7. The van der Waals surface area contributed by atoms with Gasteiger partial charge in [0.2, 0.25) is 5.91 Å². The molecule has 1 aromatic rings. The van der Waals surface area contributed by atoms with Gasteiger partial charge in [-0.25, -0.2) is 0 Å². The van der Waals surface area contributed by atoms with Crippen molar-refractivity contribution in [2.24, 2.45) is 11.1 Å².